The summed E-state index contributed by atoms with van der Waals surface area (Å²) < 4.78 is 5.66. The number of fused-ring (bicyclic) bond motifs is 4. The van der Waals surface area contributed by atoms with Gasteiger partial charge in [-0.3, -0.25) is 14.4 Å². The van der Waals surface area contributed by atoms with Gasteiger partial charge in [0.2, 0.25) is 11.6 Å². The maximum atomic E-state index is 14.1. The standard InChI is InChI=1S/C35H28O12/c1-12-8-17-24(19(37)9-12)32(44)25-16(35(17,46)34-33(45)30(42)21(39)11-47-34)7-6-15(28(25)40)22-13(2)10-20(38)26-27(22)29(41)14-4-3-5-18(36)23(14)31(26)43/h3-10,21,30,33-34,36-40,42,45-46H,11H2,1-2H3. The van der Waals surface area contributed by atoms with E-state index in [1.54, 1.807) is 6.92 Å². The Labute approximate surface area is 266 Å². The second-order valence-electron chi connectivity index (χ2n) is 12.2. The molecule has 1 aliphatic heterocycles. The largest absolute Gasteiger partial charge is 0.507 e. The Morgan fingerprint density at radius 2 is 1.34 bits per heavy atom. The van der Waals surface area contributed by atoms with Gasteiger partial charge in [-0.1, -0.05) is 30.3 Å². The summed E-state index contributed by atoms with van der Waals surface area (Å²) in [6.45, 7) is 2.59. The van der Waals surface area contributed by atoms with Crippen LogP contribution in [0.5, 0.6) is 23.0 Å². The van der Waals surface area contributed by atoms with Crippen molar-refractivity contribution in [1.29, 1.82) is 0 Å². The van der Waals surface area contributed by atoms with E-state index in [4.69, 9.17) is 4.74 Å². The van der Waals surface area contributed by atoms with Crippen molar-refractivity contribution in [2.45, 2.75) is 43.9 Å². The van der Waals surface area contributed by atoms with E-state index in [-0.39, 0.29) is 44.5 Å². The van der Waals surface area contributed by atoms with Crippen LogP contribution in [0, 0.1) is 13.8 Å². The number of aromatic hydroxyl groups is 4. The molecule has 12 nitrogen and oxygen atoms in total. The molecule has 4 aromatic rings. The normalized spacial score (nSPS) is 24.8. The molecule has 7 rings (SSSR count). The van der Waals surface area contributed by atoms with E-state index in [0.29, 0.717) is 5.56 Å². The van der Waals surface area contributed by atoms with Crippen molar-refractivity contribution < 1.29 is 60.0 Å². The smallest absolute Gasteiger partial charge is 0.201 e. The zero-order valence-electron chi connectivity index (χ0n) is 24.8. The molecule has 8 N–H and O–H groups in total. The van der Waals surface area contributed by atoms with Gasteiger partial charge in [-0.25, -0.2) is 0 Å². The molecule has 0 aromatic heterocycles. The summed E-state index contributed by atoms with van der Waals surface area (Å²) in [7, 11) is 0. The summed E-state index contributed by atoms with van der Waals surface area (Å²) in [5.41, 5.74) is -4.55. The first kappa shape index (κ1) is 30.5. The molecule has 12 heteroatoms. The monoisotopic (exact) mass is 640 g/mol. The van der Waals surface area contributed by atoms with E-state index in [1.165, 1.54) is 55.5 Å². The number of carbonyl (C=O) groups excluding carboxylic acids is 3. The van der Waals surface area contributed by atoms with Gasteiger partial charge >= 0.3 is 0 Å². The number of aliphatic hydroxyl groups excluding tert-OH is 3. The van der Waals surface area contributed by atoms with E-state index in [9.17, 15) is 55.2 Å². The van der Waals surface area contributed by atoms with E-state index >= 15 is 0 Å². The lowest BCUT2D eigenvalue weighted by Crippen LogP contribution is -2.61. The lowest BCUT2D eigenvalue weighted by molar-refractivity contribution is -0.231. The van der Waals surface area contributed by atoms with Gasteiger partial charge < -0.3 is 45.6 Å². The molecule has 5 atom stereocenters. The zero-order chi connectivity index (χ0) is 33.9. The van der Waals surface area contributed by atoms with Gasteiger partial charge in [-0.05, 0) is 43.2 Å². The minimum atomic E-state index is -2.48. The molecule has 1 saturated heterocycles. The molecule has 0 radical (unpaired) electrons. The van der Waals surface area contributed by atoms with Crippen LogP contribution in [0.15, 0.2) is 48.5 Å². The molecular weight excluding hydrogens is 612 g/mol. The van der Waals surface area contributed by atoms with Crippen molar-refractivity contribution in [3.63, 3.8) is 0 Å². The van der Waals surface area contributed by atoms with Crippen LogP contribution < -0.4 is 0 Å². The molecule has 0 spiro atoms. The molecular formula is C35H28O12. The van der Waals surface area contributed by atoms with Crippen LogP contribution >= 0.6 is 0 Å². The minimum absolute atomic E-state index is 0.0202. The summed E-state index contributed by atoms with van der Waals surface area (Å²) in [6.07, 6.45) is -6.85. The van der Waals surface area contributed by atoms with Gasteiger partial charge in [-0.15, -0.1) is 0 Å². The topological polar surface area (TPSA) is 222 Å². The number of benzene rings is 4. The van der Waals surface area contributed by atoms with Crippen LogP contribution in [0.3, 0.4) is 0 Å². The van der Waals surface area contributed by atoms with Crippen LogP contribution in [0.4, 0.5) is 0 Å². The van der Waals surface area contributed by atoms with E-state index in [1.807, 2.05) is 0 Å². The third-order valence-corrected chi connectivity index (χ3v) is 9.37. The van der Waals surface area contributed by atoms with Crippen molar-refractivity contribution in [1.82, 2.24) is 0 Å². The number of ketones is 3. The Bertz CT molecular complexity index is 2100. The predicted molar refractivity (Wildman–Crippen MR) is 162 cm³/mol. The highest BCUT2D eigenvalue weighted by atomic mass is 16.5. The lowest BCUT2D eigenvalue weighted by atomic mass is 9.67. The fourth-order valence-electron chi connectivity index (χ4n) is 7.23. The predicted octanol–water partition coefficient (Wildman–Crippen LogP) is 1.83. The number of ether oxygens (including phenoxy) is 1. The van der Waals surface area contributed by atoms with Gasteiger partial charge in [0.15, 0.2) is 5.78 Å². The van der Waals surface area contributed by atoms with Crippen LogP contribution in [-0.2, 0) is 10.3 Å². The summed E-state index contributed by atoms with van der Waals surface area (Å²) in [6, 6.07) is 10.3. The molecule has 2 aliphatic carbocycles. The highest BCUT2D eigenvalue weighted by molar-refractivity contribution is 6.32. The van der Waals surface area contributed by atoms with E-state index in [2.05, 4.69) is 0 Å². The quantitative estimate of drug-likeness (QED) is 0.138. The van der Waals surface area contributed by atoms with Crippen molar-refractivity contribution in [3.8, 4) is 34.1 Å². The molecule has 5 unspecified atom stereocenters. The number of phenolic OH excluding ortho intramolecular Hbond substituents is 4. The zero-order valence-corrected chi connectivity index (χ0v) is 24.8. The Balaban J connectivity index is 1.52. The number of hydrogen-bond donors (Lipinski definition) is 8. The van der Waals surface area contributed by atoms with Gasteiger partial charge in [0.05, 0.1) is 28.9 Å². The summed E-state index contributed by atoms with van der Waals surface area (Å²) in [5, 5.41) is 88.3. The van der Waals surface area contributed by atoms with Crippen LogP contribution in [0.25, 0.3) is 11.1 Å². The minimum Gasteiger partial charge on any atom is -0.507 e. The van der Waals surface area contributed by atoms with Crippen LogP contribution in [0.1, 0.15) is 70.0 Å². The molecule has 4 aromatic carbocycles. The number of aliphatic hydroxyl groups is 4. The number of rotatable bonds is 2. The third kappa shape index (κ3) is 3.96. The highest BCUT2D eigenvalue weighted by Crippen LogP contribution is 2.53. The summed E-state index contributed by atoms with van der Waals surface area (Å²) in [5.74, 6) is -4.84. The van der Waals surface area contributed by atoms with Crippen molar-refractivity contribution in [3.05, 3.63) is 104 Å². The van der Waals surface area contributed by atoms with Crippen LogP contribution in [0.2, 0.25) is 0 Å². The number of phenols is 4. The second-order valence-corrected chi connectivity index (χ2v) is 12.2. The fraction of sp³-hybridized carbons (Fsp3) is 0.229. The van der Waals surface area contributed by atoms with Crippen molar-refractivity contribution >= 4 is 17.3 Å². The fourth-order valence-corrected chi connectivity index (χ4v) is 7.23. The average Bonchev–Trinajstić information content (AvgIpc) is 3.01. The Morgan fingerprint density at radius 1 is 0.660 bits per heavy atom. The Kier molecular flexibility index (Phi) is 6.62. The first-order chi connectivity index (χ1) is 22.2. The number of aryl methyl sites for hydroxylation is 2. The van der Waals surface area contributed by atoms with Gasteiger partial charge in [0, 0.05) is 33.4 Å². The van der Waals surface area contributed by atoms with Crippen LogP contribution in [-0.4, -0.2) is 89.2 Å². The highest BCUT2D eigenvalue weighted by Gasteiger charge is 2.56. The summed E-state index contributed by atoms with van der Waals surface area (Å²) in [4.78, 5) is 41.7. The molecule has 240 valence electrons. The number of hydrogen-bond acceptors (Lipinski definition) is 12. The van der Waals surface area contributed by atoms with Gasteiger partial charge in [0.25, 0.3) is 0 Å². The molecule has 3 aliphatic rings. The van der Waals surface area contributed by atoms with Crippen molar-refractivity contribution in [2.75, 3.05) is 6.61 Å². The Hall–Kier alpha value is -5.11. The molecule has 1 fully saturated rings. The number of carbonyl (C=O) groups is 3. The second kappa shape index (κ2) is 10.2. The van der Waals surface area contributed by atoms with E-state index < -0.39 is 93.7 Å². The maximum Gasteiger partial charge on any atom is 0.201 e. The molecule has 0 amide bonds. The Morgan fingerprint density at radius 3 is 2.06 bits per heavy atom. The molecule has 47 heavy (non-hydrogen) atoms. The molecule has 0 bridgehead atoms. The summed E-state index contributed by atoms with van der Waals surface area (Å²) >= 11 is 0. The van der Waals surface area contributed by atoms with Crippen molar-refractivity contribution in [2.24, 2.45) is 0 Å². The SMILES string of the molecule is Cc1cc(O)c2c(c1)C(O)(C1OCC(O)C(O)C1O)c1ccc(-c3c(C)cc(O)c4c3C(=O)c3cccc(O)c3C4=O)c(O)c1C2=O. The van der Waals surface area contributed by atoms with Gasteiger partial charge in [0.1, 0.15) is 53.0 Å². The first-order valence-corrected chi connectivity index (χ1v) is 14.6. The first-order valence-electron chi connectivity index (χ1n) is 14.6. The molecule has 0 saturated carbocycles. The average molecular weight is 641 g/mol. The molecule has 1 heterocycles. The lowest BCUT2D eigenvalue weighted by Gasteiger charge is -2.47. The van der Waals surface area contributed by atoms with Gasteiger partial charge in [-0.2, -0.15) is 0 Å². The maximum absolute atomic E-state index is 14.1. The third-order valence-electron chi connectivity index (χ3n) is 9.37. The van der Waals surface area contributed by atoms with E-state index in [0.717, 1.165) is 0 Å².